The number of anilines is 2. The Hall–Kier alpha value is -2.01. The molecule has 0 heterocycles. The largest absolute Gasteiger partial charge is 0.399 e. The van der Waals surface area contributed by atoms with Gasteiger partial charge >= 0.3 is 11.3 Å². The Kier molecular flexibility index (Phi) is 3.84. The monoisotopic (exact) mass is 262 g/mol. The van der Waals surface area contributed by atoms with Gasteiger partial charge in [-0.25, -0.2) is 0 Å². The standard InChI is InChI=1S/C13H14N2O2S/c1-10-5-7-13(8-6-10)17-18(16)15-12-4-2-3-11(14)9-12/h2-9,15H,14H2,1H3/t18-/m0/s1. The van der Waals surface area contributed by atoms with E-state index in [4.69, 9.17) is 9.92 Å². The maximum absolute atomic E-state index is 11.7. The van der Waals surface area contributed by atoms with Crippen LogP contribution in [0.1, 0.15) is 5.56 Å². The van der Waals surface area contributed by atoms with Crippen LogP contribution in [-0.4, -0.2) is 4.21 Å². The molecule has 5 heteroatoms. The zero-order chi connectivity index (χ0) is 13.0. The third kappa shape index (κ3) is 3.49. The minimum absolute atomic E-state index is 0.551. The molecule has 0 fully saturated rings. The van der Waals surface area contributed by atoms with Crippen LogP contribution in [0, 0.1) is 6.92 Å². The molecule has 0 aromatic heterocycles. The first-order chi connectivity index (χ1) is 8.63. The van der Waals surface area contributed by atoms with Crippen LogP contribution in [0.15, 0.2) is 48.5 Å². The maximum atomic E-state index is 11.7. The summed E-state index contributed by atoms with van der Waals surface area (Å²) in [5.74, 6) is 0.551. The Morgan fingerprint density at radius 3 is 2.56 bits per heavy atom. The zero-order valence-electron chi connectivity index (χ0n) is 9.92. The molecule has 4 nitrogen and oxygen atoms in total. The predicted molar refractivity (Wildman–Crippen MR) is 74.4 cm³/mol. The number of nitrogens with two attached hydrogens (primary N) is 1. The number of hydrogen-bond acceptors (Lipinski definition) is 3. The maximum Gasteiger partial charge on any atom is 0.316 e. The van der Waals surface area contributed by atoms with Crippen molar-refractivity contribution >= 4 is 22.6 Å². The Labute approximate surface area is 109 Å². The van der Waals surface area contributed by atoms with Gasteiger partial charge in [-0.05, 0) is 37.3 Å². The molecule has 0 saturated heterocycles. The van der Waals surface area contributed by atoms with Crippen molar-refractivity contribution in [2.45, 2.75) is 6.92 Å². The molecule has 2 rings (SSSR count). The number of aryl methyl sites for hydroxylation is 1. The summed E-state index contributed by atoms with van der Waals surface area (Å²) in [6.45, 7) is 1.98. The number of nitrogens with one attached hydrogen (secondary N) is 1. The molecule has 1 atom stereocenters. The number of rotatable bonds is 4. The van der Waals surface area contributed by atoms with Crippen LogP contribution >= 0.6 is 0 Å². The van der Waals surface area contributed by atoms with Crippen LogP contribution in [0.2, 0.25) is 0 Å². The second-order valence-corrected chi connectivity index (χ2v) is 4.70. The van der Waals surface area contributed by atoms with E-state index in [1.165, 1.54) is 0 Å². The Morgan fingerprint density at radius 2 is 1.89 bits per heavy atom. The molecule has 0 spiro atoms. The average molecular weight is 262 g/mol. The summed E-state index contributed by atoms with van der Waals surface area (Å²) in [6, 6.07) is 14.3. The minimum Gasteiger partial charge on any atom is -0.399 e. The lowest BCUT2D eigenvalue weighted by Crippen LogP contribution is -2.11. The van der Waals surface area contributed by atoms with Gasteiger partial charge in [-0.1, -0.05) is 23.8 Å². The molecular weight excluding hydrogens is 248 g/mol. The van der Waals surface area contributed by atoms with Crippen molar-refractivity contribution in [1.82, 2.24) is 0 Å². The molecule has 0 aliphatic carbocycles. The first kappa shape index (κ1) is 12.4. The minimum atomic E-state index is -1.64. The smallest absolute Gasteiger partial charge is 0.316 e. The highest BCUT2D eigenvalue weighted by Crippen LogP contribution is 2.16. The molecular formula is C13H14N2O2S. The van der Waals surface area contributed by atoms with E-state index in [1.807, 2.05) is 19.1 Å². The zero-order valence-corrected chi connectivity index (χ0v) is 10.7. The van der Waals surface area contributed by atoms with E-state index in [0.717, 1.165) is 5.56 Å². The van der Waals surface area contributed by atoms with Crippen LogP contribution in [0.25, 0.3) is 0 Å². The molecule has 0 amide bonds. The summed E-state index contributed by atoms with van der Waals surface area (Å²) < 4.78 is 19.7. The van der Waals surface area contributed by atoms with Crippen LogP contribution < -0.4 is 14.6 Å². The van der Waals surface area contributed by atoms with E-state index in [1.54, 1.807) is 36.4 Å². The average Bonchev–Trinajstić information content (AvgIpc) is 2.32. The first-order valence-electron chi connectivity index (χ1n) is 5.42. The number of nitrogen functional groups attached to an aromatic ring is 1. The molecule has 0 radical (unpaired) electrons. The highest BCUT2D eigenvalue weighted by molar-refractivity contribution is 7.81. The summed E-state index contributed by atoms with van der Waals surface area (Å²) in [6.07, 6.45) is 0. The van der Waals surface area contributed by atoms with Gasteiger partial charge in [0.1, 0.15) is 5.75 Å². The summed E-state index contributed by atoms with van der Waals surface area (Å²) in [5, 5.41) is 0. The van der Waals surface area contributed by atoms with Gasteiger partial charge in [0.15, 0.2) is 0 Å². The summed E-state index contributed by atoms with van der Waals surface area (Å²) >= 11 is -1.64. The number of benzene rings is 2. The summed E-state index contributed by atoms with van der Waals surface area (Å²) in [4.78, 5) is 0. The topological polar surface area (TPSA) is 64.3 Å². The van der Waals surface area contributed by atoms with E-state index in [9.17, 15) is 4.21 Å². The van der Waals surface area contributed by atoms with E-state index in [0.29, 0.717) is 17.1 Å². The molecule has 18 heavy (non-hydrogen) atoms. The normalized spacial score (nSPS) is 11.8. The van der Waals surface area contributed by atoms with Crippen LogP contribution in [0.4, 0.5) is 11.4 Å². The van der Waals surface area contributed by atoms with Crippen molar-refractivity contribution in [3.63, 3.8) is 0 Å². The summed E-state index contributed by atoms with van der Waals surface area (Å²) in [5.41, 5.74) is 8.00. The molecule has 0 bridgehead atoms. The lowest BCUT2D eigenvalue weighted by Gasteiger charge is -2.07. The summed E-state index contributed by atoms with van der Waals surface area (Å²) in [7, 11) is 0. The van der Waals surface area contributed by atoms with Crippen molar-refractivity contribution < 1.29 is 8.39 Å². The Balaban J connectivity index is 1.98. The second kappa shape index (κ2) is 5.55. The van der Waals surface area contributed by atoms with E-state index < -0.39 is 11.3 Å². The highest BCUT2D eigenvalue weighted by atomic mass is 32.2. The van der Waals surface area contributed by atoms with Crippen molar-refractivity contribution in [2.75, 3.05) is 10.5 Å². The Bertz CT molecular complexity index is 555. The fraction of sp³-hybridized carbons (Fsp3) is 0.0769. The molecule has 0 unspecified atom stereocenters. The quantitative estimate of drug-likeness (QED) is 0.832. The van der Waals surface area contributed by atoms with E-state index >= 15 is 0 Å². The van der Waals surface area contributed by atoms with Crippen molar-refractivity contribution in [3.05, 3.63) is 54.1 Å². The molecule has 94 valence electrons. The lowest BCUT2D eigenvalue weighted by molar-refractivity contribution is 0.567. The number of hydrogen-bond donors (Lipinski definition) is 2. The molecule has 3 N–H and O–H groups in total. The van der Waals surface area contributed by atoms with Gasteiger partial charge in [0, 0.05) is 5.69 Å². The third-order valence-corrected chi connectivity index (χ3v) is 3.03. The Morgan fingerprint density at radius 1 is 1.17 bits per heavy atom. The molecule has 2 aromatic rings. The molecule has 2 aromatic carbocycles. The second-order valence-electron chi connectivity index (χ2n) is 3.86. The predicted octanol–water partition coefficient (Wildman–Crippen LogP) is 2.65. The van der Waals surface area contributed by atoms with Crippen molar-refractivity contribution in [3.8, 4) is 5.75 Å². The van der Waals surface area contributed by atoms with Crippen LogP contribution in [0.3, 0.4) is 0 Å². The van der Waals surface area contributed by atoms with Crippen LogP contribution in [0.5, 0.6) is 5.75 Å². The first-order valence-corrected chi connectivity index (χ1v) is 6.50. The highest BCUT2D eigenvalue weighted by Gasteiger charge is 2.03. The molecule has 0 saturated carbocycles. The fourth-order valence-electron chi connectivity index (χ4n) is 1.40. The van der Waals surface area contributed by atoms with Gasteiger partial charge < -0.3 is 9.92 Å². The van der Waals surface area contributed by atoms with Gasteiger partial charge in [0.25, 0.3) is 0 Å². The van der Waals surface area contributed by atoms with E-state index in [-0.39, 0.29) is 0 Å². The van der Waals surface area contributed by atoms with Crippen LogP contribution in [-0.2, 0) is 11.3 Å². The fourth-order valence-corrected chi connectivity index (χ4v) is 2.05. The molecule has 0 aliphatic rings. The van der Waals surface area contributed by atoms with Crippen molar-refractivity contribution in [2.24, 2.45) is 0 Å². The van der Waals surface area contributed by atoms with Gasteiger partial charge in [0.2, 0.25) is 0 Å². The molecule has 0 aliphatic heterocycles. The lowest BCUT2D eigenvalue weighted by atomic mass is 10.2. The van der Waals surface area contributed by atoms with Gasteiger partial charge in [0.05, 0.1) is 5.69 Å². The SMILES string of the molecule is Cc1ccc(O[S@](=O)Nc2cccc(N)c2)cc1. The van der Waals surface area contributed by atoms with Crippen molar-refractivity contribution in [1.29, 1.82) is 0 Å². The van der Waals surface area contributed by atoms with E-state index in [2.05, 4.69) is 4.72 Å². The van der Waals surface area contributed by atoms with Gasteiger partial charge in [-0.2, -0.15) is 4.21 Å². The van der Waals surface area contributed by atoms with Gasteiger partial charge in [-0.15, -0.1) is 0 Å². The van der Waals surface area contributed by atoms with Gasteiger partial charge in [-0.3, -0.25) is 4.72 Å². The third-order valence-electron chi connectivity index (χ3n) is 2.28.